The molecule has 31 heavy (non-hydrogen) atoms. The van der Waals surface area contributed by atoms with Crippen LogP contribution in [0.5, 0.6) is 0 Å². The van der Waals surface area contributed by atoms with Crippen molar-refractivity contribution < 1.29 is 9.59 Å². The highest BCUT2D eigenvalue weighted by molar-refractivity contribution is 6.11. The Hall–Kier alpha value is -3.81. The van der Waals surface area contributed by atoms with E-state index in [1.165, 1.54) is 30.3 Å². The van der Waals surface area contributed by atoms with E-state index in [1.54, 1.807) is 62.6 Å². The third kappa shape index (κ3) is 2.71. The van der Waals surface area contributed by atoms with Gasteiger partial charge < -0.3 is 4.90 Å². The van der Waals surface area contributed by atoms with Crippen LogP contribution in [0, 0.1) is 4.91 Å². The van der Waals surface area contributed by atoms with Gasteiger partial charge in [0, 0.05) is 31.2 Å². The second-order valence-corrected chi connectivity index (χ2v) is 7.68. The van der Waals surface area contributed by atoms with Gasteiger partial charge in [0.05, 0.1) is 16.8 Å². The number of hydrogen-bond acceptors (Lipinski definition) is 7. The van der Waals surface area contributed by atoms with E-state index in [2.05, 4.69) is 20.1 Å². The molecule has 0 bridgehead atoms. The summed E-state index contributed by atoms with van der Waals surface area (Å²) >= 11 is 0. The maximum Gasteiger partial charge on any atom is 0.254 e. The Kier molecular flexibility index (Phi) is 4.93. The van der Waals surface area contributed by atoms with Crippen molar-refractivity contribution in [1.29, 1.82) is 0 Å². The predicted molar refractivity (Wildman–Crippen MR) is 115 cm³/mol. The van der Waals surface area contributed by atoms with E-state index in [0.717, 1.165) is 0 Å². The average molecular weight is 415 g/mol. The highest BCUT2D eigenvalue weighted by Gasteiger charge is 2.64. The van der Waals surface area contributed by atoms with Gasteiger partial charge in [-0.05, 0) is 61.0 Å². The molecule has 2 aromatic rings. The number of amides is 1. The van der Waals surface area contributed by atoms with Crippen molar-refractivity contribution >= 4 is 17.9 Å². The minimum atomic E-state index is -1.72. The number of pyridine rings is 2. The molecule has 4 rings (SSSR count). The lowest BCUT2D eigenvalue weighted by Crippen LogP contribution is -2.63. The first kappa shape index (κ1) is 20.5. The molecule has 1 amide bonds. The van der Waals surface area contributed by atoms with Gasteiger partial charge in [-0.15, -0.1) is 4.91 Å². The predicted octanol–water partition coefficient (Wildman–Crippen LogP) is 2.72. The molecule has 4 heterocycles. The molecule has 2 aliphatic heterocycles. The quantitative estimate of drug-likeness (QED) is 0.714. The summed E-state index contributed by atoms with van der Waals surface area (Å²) in [5.41, 5.74) is -1.37. The molecule has 0 fully saturated rings. The van der Waals surface area contributed by atoms with Crippen LogP contribution in [-0.4, -0.2) is 45.9 Å². The van der Waals surface area contributed by atoms with E-state index >= 15 is 0 Å². The van der Waals surface area contributed by atoms with Gasteiger partial charge in [-0.1, -0.05) is 12.1 Å². The minimum absolute atomic E-state index is 0.219. The summed E-state index contributed by atoms with van der Waals surface area (Å²) in [4.78, 5) is 53.4. The van der Waals surface area contributed by atoms with Gasteiger partial charge >= 0.3 is 0 Å². The van der Waals surface area contributed by atoms with Gasteiger partial charge in [0.15, 0.2) is 5.78 Å². The maximum atomic E-state index is 13.6. The van der Waals surface area contributed by atoms with Crippen LogP contribution in [0.2, 0.25) is 0 Å². The fourth-order valence-electron chi connectivity index (χ4n) is 4.56. The topological polar surface area (TPSA) is 105 Å². The normalized spacial score (nSPS) is 28.2. The molecule has 0 N–H and O–H groups in total. The fraction of sp³-hybridized carbons (Fsp3) is 0.261. The molecule has 0 aromatic carbocycles. The van der Waals surface area contributed by atoms with Crippen LogP contribution in [0.1, 0.15) is 25.2 Å². The minimum Gasteiger partial charge on any atom is -0.308 e. The SMILES string of the molecule is CC1=C(C2N=CC=CC2=O)C(=O)N(C)C(N=O)(c2ccccn2)C1(C)c1ccccn1. The Bertz CT molecular complexity index is 1140. The molecule has 2 aliphatic rings. The summed E-state index contributed by atoms with van der Waals surface area (Å²) in [6.45, 7) is 3.54. The van der Waals surface area contributed by atoms with E-state index < -0.39 is 23.0 Å². The molecule has 3 atom stereocenters. The Balaban J connectivity index is 2.10. The number of allylic oxidation sites excluding steroid dienone is 1. The summed E-state index contributed by atoms with van der Waals surface area (Å²) in [5, 5.41) is 3.54. The third-order valence-electron chi connectivity index (χ3n) is 6.33. The zero-order chi connectivity index (χ0) is 22.2. The van der Waals surface area contributed by atoms with E-state index in [9.17, 15) is 14.5 Å². The molecule has 2 aromatic heterocycles. The zero-order valence-electron chi connectivity index (χ0n) is 17.4. The Morgan fingerprint density at radius 2 is 1.68 bits per heavy atom. The van der Waals surface area contributed by atoms with Crippen molar-refractivity contribution in [2.75, 3.05) is 7.05 Å². The Morgan fingerprint density at radius 1 is 1.03 bits per heavy atom. The number of aliphatic imine (C=N–C) groups is 1. The van der Waals surface area contributed by atoms with Crippen molar-refractivity contribution in [2.45, 2.75) is 31.0 Å². The summed E-state index contributed by atoms with van der Waals surface area (Å²) in [5.74, 6) is -0.798. The van der Waals surface area contributed by atoms with Crippen LogP contribution in [0.3, 0.4) is 0 Å². The van der Waals surface area contributed by atoms with Gasteiger partial charge in [-0.3, -0.25) is 24.5 Å². The number of aromatic nitrogens is 2. The lowest BCUT2D eigenvalue weighted by atomic mass is 9.62. The van der Waals surface area contributed by atoms with Gasteiger partial charge in [0.25, 0.3) is 5.91 Å². The molecule has 8 heteroatoms. The molecule has 0 saturated carbocycles. The van der Waals surface area contributed by atoms with Crippen LogP contribution < -0.4 is 0 Å². The van der Waals surface area contributed by atoms with Gasteiger partial charge in [-0.2, -0.15) is 0 Å². The second-order valence-electron chi connectivity index (χ2n) is 7.68. The first-order valence-electron chi connectivity index (χ1n) is 9.80. The monoisotopic (exact) mass is 415 g/mol. The largest absolute Gasteiger partial charge is 0.308 e. The van der Waals surface area contributed by atoms with E-state index in [1.807, 2.05) is 0 Å². The summed E-state index contributed by atoms with van der Waals surface area (Å²) in [6.07, 6.45) is 7.59. The molecule has 8 nitrogen and oxygen atoms in total. The number of ketones is 1. The molecule has 0 radical (unpaired) electrons. The summed E-state index contributed by atoms with van der Waals surface area (Å²) in [6, 6.07) is 9.48. The first-order chi connectivity index (χ1) is 14.9. The number of carbonyl (C=O) groups excluding carboxylic acids is 2. The smallest absolute Gasteiger partial charge is 0.254 e. The van der Waals surface area contributed by atoms with E-state index in [-0.39, 0.29) is 11.4 Å². The van der Waals surface area contributed by atoms with E-state index in [4.69, 9.17) is 0 Å². The molecule has 0 saturated heterocycles. The lowest BCUT2D eigenvalue weighted by Gasteiger charge is -2.52. The van der Waals surface area contributed by atoms with Gasteiger partial charge in [0.2, 0.25) is 5.66 Å². The van der Waals surface area contributed by atoms with Crippen molar-refractivity contribution in [3.8, 4) is 0 Å². The van der Waals surface area contributed by atoms with Gasteiger partial charge in [-0.25, -0.2) is 0 Å². The third-order valence-corrected chi connectivity index (χ3v) is 6.33. The molecule has 0 aliphatic carbocycles. The number of carbonyl (C=O) groups is 2. The second kappa shape index (κ2) is 7.46. The van der Waals surface area contributed by atoms with Crippen LogP contribution in [0.25, 0.3) is 0 Å². The van der Waals surface area contributed by atoms with E-state index in [0.29, 0.717) is 17.0 Å². The Labute approximate surface area is 179 Å². The standard InChI is InChI=1S/C23H21N5O3/c1-15-19(20-16(29)9-8-14-26-20)21(30)28(3)23(27-31,18-11-5-7-13-25-18)22(15,2)17-10-4-6-12-24-17/h4-14,20H,1-3H3. The maximum absolute atomic E-state index is 13.6. The number of rotatable bonds is 4. The van der Waals surface area contributed by atoms with Crippen molar-refractivity contribution in [1.82, 2.24) is 14.9 Å². The molecular formula is C23H21N5O3. The highest BCUT2D eigenvalue weighted by Crippen LogP contribution is 2.54. The zero-order valence-corrected chi connectivity index (χ0v) is 17.4. The average Bonchev–Trinajstić information content (AvgIpc) is 2.81. The number of hydrogen-bond donors (Lipinski definition) is 0. The highest BCUT2D eigenvalue weighted by atomic mass is 16.3. The number of dihydropyridines is 1. The summed E-state index contributed by atoms with van der Waals surface area (Å²) in [7, 11) is 1.50. The van der Waals surface area contributed by atoms with Crippen molar-refractivity contribution in [3.63, 3.8) is 0 Å². The first-order valence-corrected chi connectivity index (χ1v) is 9.80. The van der Waals surface area contributed by atoms with Crippen molar-refractivity contribution in [3.05, 3.63) is 88.4 Å². The Morgan fingerprint density at radius 3 is 2.23 bits per heavy atom. The van der Waals surface area contributed by atoms with Gasteiger partial charge in [0.1, 0.15) is 6.04 Å². The van der Waals surface area contributed by atoms with Crippen LogP contribution in [0.15, 0.2) is 82.3 Å². The van der Waals surface area contributed by atoms with Crippen molar-refractivity contribution in [2.24, 2.45) is 10.2 Å². The molecular weight excluding hydrogens is 394 g/mol. The number of nitrogens with zero attached hydrogens (tertiary/aromatic N) is 5. The number of likely N-dealkylation sites (N-methyl/N-ethyl adjacent to an activating group) is 1. The van der Waals surface area contributed by atoms with Crippen LogP contribution in [-0.2, 0) is 20.7 Å². The van der Waals surface area contributed by atoms with Crippen LogP contribution in [0.4, 0.5) is 0 Å². The molecule has 0 spiro atoms. The molecule has 3 unspecified atom stereocenters. The molecule has 156 valence electrons. The fourth-order valence-corrected chi connectivity index (χ4v) is 4.56. The van der Waals surface area contributed by atoms with Crippen LogP contribution >= 0.6 is 0 Å². The number of nitroso groups, excluding NO2 is 1. The summed E-state index contributed by atoms with van der Waals surface area (Å²) < 4.78 is 0. The lowest BCUT2D eigenvalue weighted by molar-refractivity contribution is -0.138.